The summed E-state index contributed by atoms with van der Waals surface area (Å²) in [6, 6.07) is 4.79. The number of carbonyl (C=O) groups excluding carboxylic acids is 1. The van der Waals surface area contributed by atoms with E-state index >= 15 is 0 Å². The van der Waals surface area contributed by atoms with Gasteiger partial charge in [0.15, 0.2) is 5.84 Å². The number of amides is 1. The van der Waals surface area contributed by atoms with Crippen molar-refractivity contribution in [1.82, 2.24) is 4.90 Å². The third kappa shape index (κ3) is 3.80. The molecule has 5 nitrogen and oxygen atoms in total. The first-order valence-corrected chi connectivity index (χ1v) is 7.49. The van der Waals surface area contributed by atoms with E-state index in [0.717, 1.165) is 18.4 Å². The van der Waals surface area contributed by atoms with Gasteiger partial charge in [-0.25, -0.2) is 0 Å². The van der Waals surface area contributed by atoms with Gasteiger partial charge in [0.25, 0.3) is 0 Å². The van der Waals surface area contributed by atoms with E-state index in [-0.39, 0.29) is 24.2 Å². The zero-order valence-corrected chi connectivity index (χ0v) is 12.9. The van der Waals surface area contributed by atoms with E-state index in [9.17, 15) is 4.79 Å². The van der Waals surface area contributed by atoms with Crippen molar-refractivity contribution in [3.63, 3.8) is 0 Å². The molecule has 0 aliphatic carbocycles. The fraction of sp³-hybridized carbons (Fsp3) is 0.429. The number of likely N-dealkylation sites (tertiary alicyclic amines) is 1. The predicted octanol–water partition coefficient (Wildman–Crippen LogP) is 2.66. The monoisotopic (exact) mass is 329 g/mol. The van der Waals surface area contributed by atoms with Gasteiger partial charge < -0.3 is 15.8 Å². The Kier molecular flexibility index (Phi) is 5.31. The molecule has 1 aliphatic rings. The van der Waals surface area contributed by atoms with E-state index in [1.54, 1.807) is 23.1 Å². The van der Waals surface area contributed by atoms with E-state index in [0.29, 0.717) is 23.0 Å². The molecule has 7 heteroatoms. The lowest BCUT2D eigenvalue weighted by Crippen LogP contribution is -2.51. The van der Waals surface area contributed by atoms with Crippen molar-refractivity contribution >= 4 is 34.9 Å². The highest BCUT2D eigenvalue weighted by Gasteiger charge is 2.29. The van der Waals surface area contributed by atoms with Crippen LogP contribution in [0, 0.1) is 0 Å². The first-order chi connectivity index (χ1) is 10.0. The van der Waals surface area contributed by atoms with Crippen LogP contribution in [0.4, 0.5) is 0 Å². The number of carbonyl (C=O) groups is 1. The number of nitrogens with zero attached hydrogens (tertiary/aromatic N) is 2. The fourth-order valence-electron chi connectivity index (χ4n) is 2.53. The van der Waals surface area contributed by atoms with E-state index in [1.165, 1.54) is 0 Å². The van der Waals surface area contributed by atoms with Crippen molar-refractivity contribution in [2.45, 2.75) is 31.7 Å². The van der Waals surface area contributed by atoms with Gasteiger partial charge in [-0.1, -0.05) is 34.4 Å². The molecule has 114 valence electrons. The molecule has 0 aromatic heterocycles. The predicted molar refractivity (Wildman–Crippen MR) is 82.9 cm³/mol. The lowest BCUT2D eigenvalue weighted by molar-refractivity contribution is -0.132. The quantitative estimate of drug-likeness (QED) is 0.387. The van der Waals surface area contributed by atoms with Gasteiger partial charge in [-0.2, -0.15) is 0 Å². The summed E-state index contributed by atoms with van der Waals surface area (Å²) in [5, 5.41) is 12.8. The third-order valence-electron chi connectivity index (χ3n) is 3.62. The van der Waals surface area contributed by atoms with Gasteiger partial charge >= 0.3 is 0 Å². The van der Waals surface area contributed by atoms with Crippen LogP contribution in [0.1, 0.15) is 24.8 Å². The van der Waals surface area contributed by atoms with Gasteiger partial charge in [0.2, 0.25) is 5.91 Å². The molecule has 3 N–H and O–H groups in total. The number of benzene rings is 1. The molecule has 1 saturated heterocycles. The maximum atomic E-state index is 12.5. The molecule has 1 aromatic rings. The molecule has 1 heterocycles. The van der Waals surface area contributed by atoms with Crippen molar-refractivity contribution in [2.75, 3.05) is 6.54 Å². The van der Waals surface area contributed by atoms with Gasteiger partial charge in [-0.05, 0) is 37.0 Å². The fourth-order valence-corrected chi connectivity index (χ4v) is 2.85. The zero-order valence-electron chi connectivity index (χ0n) is 11.4. The number of rotatable bonds is 3. The Balaban J connectivity index is 2.12. The number of hydrogen-bond acceptors (Lipinski definition) is 3. The van der Waals surface area contributed by atoms with E-state index in [1.807, 2.05) is 0 Å². The van der Waals surface area contributed by atoms with Crippen molar-refractivity contribution in [3.8, 4) is 0 Å². The second-order valence-corrected chi connectivity index (χ2v) is 5.86. The van der Waals surface area contributed by atoms with Gasteiger partial charge in [0.1, 0.15) is 0 Å². The minimum atomic E-state index is -0.334. The lowest BCUT2D eigenvalue weighted by atomic mass is 10.00. The summed E-state index contributed by atoms with van der Waals surface area (Å²) in [4.78, 5) is 14.1. The minimum Gasteiger partial charge on any atom is -0.409 e. The maximum absolute atomic E-state index is 12.5. The van der Waals surface area contributed by atoms with Crippen LogP contribution >= 0.6 is 23.2 Å². The SMILES string of the molecule is NC(=NO)C1CCCCN1C(=O)Cc1ccc(Cl)c(Cl)c1. The van der Waals surface area contributed by atoms with Crippen LogP contribution in [0.5, 0.6) is 0 Å². The maximum Gasteiger partial charge on any atom is 0.227 e. The molecular weight excluding hydrogens is 313 g/mol. The Morgan fingerprint density at radius 1 is 1.38 bits per heavy atom. The highest BCUT2D eigenvalue weighted by molar-refractivity contribution is 6.42. The largest absolute Gasteiger partial charge is 0.409 e. The molecular formula is C14H17Cl2N3O2. The standard InChI is InChI=1S/C14H17Cl2N3O2/c15-10-5-4-9(7-11(10)16)8-13(20)19-6-2-1-3-12(19)14(17)18-21/h4-5,7,12,21H,1-3,6,8H2,(H2,17,18). The van der Waals surface area contributed by atoms with Gasteiger partial charge in [-0.15, -0.1) is 0 Å². The molecule has 0 spiro atoms. The molecule has 1 fully saturated rings. The second kappa shape index (κ2) is 7.00. The number of amidine groups is 1. The topological polar surface area (TPSA) is 78.9 Å². The Morgan fingerprint density at radius 3 is 2.81 bits per heavy atom. The number of hydrogen-bond donors (Lipinski definition) is 2. The molecule has 2 rings (SSSR count). The average Bonchev–Trinajstić information content (AvgIpc) is 2.50. The molecule has 1 aliphatic heterocycles. The van der Waals surface area contributed by atoms with E-state index in [4.69, 9.17) is 34.1 Å². The summed E-state index contributed by atoms with van der Waals surface area (Å²) in [6.45, 7) is 0.612. The smallest absolute Gasteiger partial charge is 0.227 e. The molecule has 1 atom stereocenters. The number of halogens is 2. The summed E-state index contributed by atoms with van der Waals surface area (Å²) in [6.07, 6.45) is 2.80. The summed E-state index contributed by atoms with van der Waals surface area (Å²) in [7, 11) is 0. The Hall–Kier alpha value is -1.46. The van der Waals surface area contributed by atoms with Crippen molar-refractivity contribution in [1.29, 1.82) is 0 Å². The lowest BCUT2D eigenvalue weighted by Gasteiger charge is -2.35. The van der Waals surface area contributed by atoms with Crippen LogP contribution in [-0.4, -0.2) is 34.4 Å². The van der Waals surface area contributed by atoms with Gasteiger partial charge in [-0.3, -0.25) is 4.79 Å². The van der Waals surface area contributed by atoms with Gasteiger partial charge in [0.05, 0.1) is 22.5 Å². The van der Waals surface area contributed by atoms with Crippen LogP contribution in [-0.2, 0) is 11.2 Å². The molecule has 1 amide bonds. The summed E-state index contributed by atoms with van der Waals surface area (Å²) in [5.41, 5.74) is 6.47. The molecule has 1 aromatic carbocycles. The van der Waals surface area contributed by atoms with Crippen LogP contribution < -0.4 is 5.73 Å². The Labute approximate surface area is 133 Å². The second-order valence-electron chi connectivity index (χ2n) is 5.05. The third-order valence-corrected chi connectivity index (χ3v) is 4.36. The highest BCUT2D eigenvalue weighted by Crippen LogP contribution is 2.24. The molecule has 0 radical (unpaired) electrons. The number of piperidine rings is 1. The minimum absolute atomic E-state index is 0.0651. The first-order valence-electron chi connectivity index (χ1n) is 6.73. The average molecular weight is 330 g/mol. The van der Waals surface area contributed by atoms with Gasteiger partial charge in [0, 0.05) is 6.54 Å². The van der Waals surface area contributed by atoms with E-state index < -0.39 is 0 Å². The van der Waals surface area contributed by atoms with Crippen LogP contribution in [0.15, 0.2) is 23.4 Å². The molecule has 21 heavy (non-hydrogen) atoms. The summed E-state index contributed by atoms with van der Waals surface area (Å²) in [5.74, 6) is 0.0156. The zero-order chi connectivity index (χ0) is 15.4. The summed E-state index contributed by atoms with van der Waals surface area (Å²) >= 11 is 11.8. The first kappa shape index (κ1) is 15.9. The van der Waals surface area contributed by atoms with Crippen LogP contribution in [0.3, 0.4) is 0 Å². The Morgan fingerprint density at radius 2 is 2.14 bits per heavy atom. The van der Waals surface area contributed by atoms with Crippen molar-refractivity contribution in [2.24, 2.45) is 10.9 Å². The van der Waals surface area contributed by atoms with E-state index in [2.05, 4.69) is 5.16 Å². The highest BCUT2D eigenvalue weighted by atomic mass is 35.5. The normalized spacial score (nSPS) is 19.6. The number of nitrogens with two attached hydrogens (primary N) is 1. The number of oxime groups is 1. The van der Waals surface area contributed by atoms with Crippen molar-refractivity contribution in [3.05, 3.63) is 33.8 Å². The summed E-state index contributed by atoms with van der Waals surface area (Å²) < 4.78 is 0. The van der Waals surface area contributed by atoms with Crippen molar-refractivity contribution < 1.29 is 10.0 Å². The molecule has 1 unspecified atom stereocenters. The molecule has 0 saturated carbocycles. The van der Waals surface area contributed by atoms with Crippen LogP contribution in [0.2, 0.25) is 10.0 Å². The molecule has 0 bridgehead atoms. The van der Waals surface area contributed by atoms with Crippen LogP contribution in [0.25, 0.3) is 0 Å². The Bertz CT molecular complexity index is 563.